The Morgan fingerprint density at radius 1 is 1.00 bits per heavy atom. The number of halogens is 1. The molecule has 1 fully saturated rings. The Hall–Kier alpha value is -3.30. The van der Waals surface area contributed by atoms with Gasteiger partial charge in [0.2, 0.25) is 5.91 Å². The van der Waals surface area contributed by atoms with Gasteiger partial charge in [0, 0.05) is 38.1 Å². The van der Waals surface area contributed by atoms with Gasteiger partial charge in [-0.1, -0.05) is 42.5 Å². The molecular formula is C24H26FN5O2S. The molecule has 0 aliphatic carbocycles. The number of para-hydroxylation sites is 1. The first-order chi connectivity index (χ1) is 16.1. The van der Waals surface area contributed by atoms with E-state index in [0.717, 1.165) is 6.42 Å². The lowest BCUT2D eigenvalue weighted by Gasteiger charge is -2.33. The summed E-state index contributed by atoms with van der Waals surface area (Å²) in [5.74, 6) is -0.533. The normalized spacial score (nSPS) is 14.2. The van der Waals surface area contributed by atoms with Crippen LogP contribution in [0.1, 0.15) is 16.1 Å². The summed E-state index contributed by atoms with van der Waals surface area (Å²) < 4.78 is 13.8. The molecule has 1 aliphatic heterocycles. The van der Waals surface area contributed by atoms with E-state index in [1.54, 1.807) is 28.5 Å². The average molecular weight is 468 g/mol. The van der Waals surface area contributed by atoms with Crippen LogP contribution in [0.25, 0.3) is 0 Å². The van der Waals surface area contributed by atoms with E-state index in [1.807, 2.05) is 35.2 Å². The van der Waals surface area contributed by atoms with Crippen LogP contribution in [0, 0.1) is 5.82 Å². The zero-order valence-electron chi connectivity index (χ0n) is 18.2. The number of carbonyl (C=O) groups is 2. The molecule has 1 saturated heterocycles. The molecule has 0 saturated carbocycles. The minimum Gasteiger partial charge on any atom is -0.355 e. The summed E-state index contributed by atoms with van der Waals surface area (Å²) in [6, 6.07) is 16.4. The Bertz CT molecular complexity index is 1080. The molecule has 0 bridgehead atoms. The van der Waals surface area contributed by atoms with Crippen molar-refractivity contribution in [3.05, 3.63) is 77.1 Å². The third-order valence-corrected chi connectivity index (χ3v) is 6.20. The number of rotatable bonds is 8. The molecule has 33 heavy (non-hydrogen) atoms. The molecule has 0 unspecified atom stereocenters. The lowest BCUT2D eigenvalue weighted by Crippen LogP contribution is -2.51. The van der Waals surface area contributed by atoms with Crippen molar-refractivity contribution in [2.75, 3.05) is 44.6 Å². The van der Waals surface area contributed by atoms with Crippen molar-refractivity contribution in [3.8, 4) is 0 Å². The Labute approximate surface area is 196 Å². The summed E-state index contributed by atoms with van der Waals surface area (Å²) in [6.07, 6.45) is 0.802. The number of thiazole rings is 1. The van der Waals surface area contributed by atoms with Crippen LogP contribution in [0.2, 0.25) is 0 Å². The van der Waals surface area contributed by atoms with Gasteiger partial charge in [-0.25, -0.2) is 9.37 Å². The Kier molecular flexibility index (Phi) is 7.64. The van der Waals surface area contributed by atoms with Gasteiger partial charge in [0.1, 0.15) is 11.5 Å². The summed E-state index contributed by atoms with van der Waals surface area (Å²) in [6.45, 7) is 3.25. The van der Waals surface area contributed by atoms with E-state index in [4.69, 9.17) is 0 Å². The maximum absolute atomic E-state index is 13.8. The van der Waals surface area contributed by atoms with E-state index in [1.165, 1.54) is 23.0 Å². The van der Waals surface area contributed by atoms with Gasteiger partial charge in [0.15, 0.2) is 5.13 Å². The summed E-state index contributed by atoms with van der Waals surface area (Å²) in [7, 11) is 0. The molecule has 3 aromatic rings. The maximum atomic E-state index is 13.8. The van der Waals surface area contributed by atoms with Gasteiger partial charge in [-0.2, -0.15) is 0 Å². The second kappa shape index (κ2) is 11.0. The molecule has 0 spiro atoms. The summed E-state index contributed by atoms with van der Waals surface area (Å²) >= 11 is 1.26. The molecule has 0 atom stereocenters. The minimum atomic E-state index is -0.374. The van der Waals surface area contributed by atoms with Crippen LogP contribution < -0.4 is 10.6 Å². The van der Waals surface area contributed by atoms with Gasteiger partial charge >= 0.3 is 0 Å². The van der Waals surface area contributed by atoms with Crippen LogP contribution in [-0.4, -0.2) is 65.9 Å². The molecule has 1 aliphatic rings. The number of aromatic nitrogens is 1. The van der Waals surface area contributed by atoms with Crippen molar-refractivity contribution in [1.82, 2.24) is 20.1 Å². The number of piperazine rings is 1. The molecule has 2 amide bonds. The van der Waals surface area contributed by atoms with Gasteiger partial charge in [0.05, 0.1) is 12.2 Å². The van der Waals surface area contributed by atoms with Crippen molar-refractivity contribution in [3.63, 3.8) is 0 Å². The van der Waals surface area contributed by atoms with Gasteiger partial charge in [-0.05, 0) is 24.1 Å². The number of hydrogen-bond acceptors (Lipinski definition) is 6. The van der Waals surface area contributed by atoms with Crippen molar-refractivity contribution in [1.29, 1.82) is 0 Å². The minimum absolute atomic E-state index is 0.00549. The van der Waals surface area contributed by atoms with Gasteiger partial charge < -0.3 is 15.5 Å². The number of anilines is 2. The standard InChI is InChI=1S/C24H26FN5O2S/c25-19-8-4-5-9-20(19)27-24-28-21(17-33-24)23(32)30-14-12-29(13-15-30)16-22(31)26-11-10-18-6-2-1-3-7-18/h1-9,17H,10-16H2,(H,26,31)(H,27,28). The quantitative estimate of drug-likeness (QED) is 0.532. The highest BCUT2D eigenvalue weighted by Crippen LogP contribution is 2.23. The van der Waals surface area contributed by atoms with Crippen LogP contribution in [0.5, 0.6) is 0 Å². The topological polar surface area (TPSA) is 77.6 Å². The molecule has 7 nitrogen and oxygen atoms in total. The Morgan fingerprint density at radius 3 is 2.48 bits per heavy atom. The molecule has 2 aromatic carbocycles. The zero-order chi connectivity index (χ0) is 23.0. The van der Waals surface area contributed by atoms with Crippen molar-refractivity contribution >= 4 is 34.0 Å². The van der Waals surface area contributed by atoms with Crippen LogP contribution in [0.15, 0.2) is 60.0 Å². The molecule has 0 radical (unpaired) electrons. The van der Waals surface area contributed by atoms with E-state index >= 15 is 0 Å². The van der Waals surface area contributed by atoms with Crippen LogP contribution >= 0.6 is 11.3 Å². The maximum Gasteiger partial charge on any atom is 0.273 e. The van der Waals surface area contributed by atoms with Gasteiger partial charge in [0.25, 0.3) is 5.91 Å². The van der Waals surface area contributed by atoms with Crippen LogP contribution in [0.3, 0.4) is 0 Å². The van der Waals surface area contributed by atoms with Crippen molar-refractivity contribution in [2.45, 2.75) is 6.42 Å². The Morgan fingerprint density at radius 2 is 1.73 bits per heavy atom. The van der Waals surface area contributed by atoms with E-state index in [9.17, 15) is 14.0 Å². The molecule has 1 aromatic heterocycles. The summed E-state index contributed by atoms with van der Waals surface area (Å²) in [4.78, 5) is 33.2. The first kappa shape index (κ1) is 22.9. The third kappa shape index (κ3) is 6.36. The Balaban J connectivity index is 1.20. The van der Waals surface area contributed by atoms with Crippen molar-refractivity contribution in [2.24, 2.45) is 0 Å². The number of carbonyl (C=O) groups excluding carboxylic acids is 2. The molecular weight excluding hydrogens is 441 g/mol. The molecule has 9 heteroatoms. The fraction of sp³-hybridized carbons (Fsp3) is 0.292. The SMILES string of the molecule is O=C(CN1CCN(C(=O)c2csc(Nc3ccccc3F)n2)CC1)NCCc1ccccc1. The highest BCUT2D eigenvalue weighted by molar-refractivity contribution is 7.14. The van der Waals surface area contributed by atoms with Gasteiger partial charge in [-0.3, -0.25) is 14.5 Å². The lowest BCUT2D eigenvalue weighted by molar-refractivity contribution is -0.122. The monoisotopic (exact) mass is 467 g/mol. The number of amides is 2. The fourth-order valence-corrected chi connectivity index (χ4v) is 4.32. The molecule has 4 rings (SSSR count). The fourth-order valence-electron chi connectivity index (χ4n) is 3.63. The number of hydrogen-bond donors (Lipinski definition) is 2. The van der Waals surface area contributed by atoms with E-state index in [2.05, 4.69) is 15.6 Å². The third-order valence-electron chi connectivity index (χ3n) is 5.44. The van der Waals surface area contributed by atoms with Gasteiger partial charge in [-0.15, -0.1) is 11.3 Å². The van der Waals surface area contributed by atoms with E-state index < -0.39 is 0 Å². The smallest absolute Gasteiger partial charge is 0.273 e. The second-order valence-corrected chi connectivity index (χ2v) is 8.65. The van der Waals surface area contributed by atoms with Crippen LogP contribution in [-0.2, 0) is 11.2 Å². The molecule has 172 valence electrons. The van der Waals surface area contributed by atoms with Crippen molar-refractivity contribution < 1.29 is 14.0 Å². The lowest BCUT2D eigenvalue weighted by atomic mass is 10.1. The molecule has 2 heterocycles. The number of nitrogens with zero attached hydrogens (tertiary/aromatic N) is 3. The molecule has 2 N–H and O–H groups in total. The second-order valence-electron chi connectivity index (χ2n) is 7.80. The first-order valence-electron chi connectivity index (χ1n) is 10.9. The predicted molar refractivity (Wildman–Crippen MR) is 127 cm³/mol. The summed E-state index contributed by atoms with van der Waals surface area (Å²) in [5, 5.41) is 8.02. The van der Waals surface area contributed by atoms with Crippen LogP contribution in [0.4, 0.5) is 15.2 Å². The number of benzene rings is 2. The highest BCUT2D eigenvalue weighted by atomic mass is 32.1. The average Bonchev–Trinajstić information content (AvgIpc) is 3.30. The zero-order valence-corrected chi connectivity index (χ0v) is 19.0. The summed E-state index contributed by atoms with van der Waals surface area (Å²) in [5.41, 5.74) is 1.85. The van der Waals surface area contributed by atoms with E-state index in [-0.39, 0.29) is 17.6 Å². The van der Waals surface area contributed by atoms with E-state index in [0.29, 0.717) is 55.8 Å². The first-order valence-corrected chi connectivity index (χ1v) is 11.8. The largest absolute Gasteiger partial charge is 0.355 e. The highest BCUT2D eigenvalue weighted by Gasteiger charge is 2.25. The predicted octanol–water partition coefficient (Wildman–Crippen LogP) is 3.14. The number of nitrogens with one attached hydrogen (secondary N) is 2.